The Hall–Kier alpha value is -3.02. The molecule has 10 nitrogen and oxygen atoms in total. The minimum absolute atomic E-state index is 0.00416. The molecular weight excluding hydrogens is 504 g/mol. The van der Waals surface area contributed by atoms with Crippen LogP contribution in [0.1, 0.15) is 32.3 Å². The maximum absolute atomic E-state index is 13.5. The average Bonchev–Trinajstić information content (AvgIpc) is 3.31. The molecule has 206 valence electrons. The van der Waals surface area contributed by atoms with Gasteiger partial charge in [0.25, 0.3) is 0 Å². The third kappa shape index (κ3) is 8.50. The Morgan fingerprint density at radius 1 is 1.11 bits per heavy atom. The molecule has 0 unspecified atom stereocenters. The Morgan fingerprint density at radius 3 is 2.50 bits per heavy atom. The number of amides is 2. The van der Waals surface area contributed by atoms with Crippen molar-refractivity contribution in [2.75, 3.05) is 39.8 Å². The third-order valence-electron chi connectivity index (χ3n) is 6.56. The second kappa shape index (κ2) is 14.2. The van der Waals surface area contributed by atoms with E-state index in [1.54, 1.807) is 4.90 Å². The number of carbonyl (C=O) groups excluding carboxylic acids is 4. The van der Waals surface area contributed by atoms with E-state index in [0.29, 0.717) is 19.5 Å². The van der Waals surface area contributed by atoms with Crippen LogP contribution >= 0.6 is 11.8 Å². The minimum Gasteiger partial charge on any atom is -0.361 e. The molecule has 0 spiro atoms. The second-order valence-corrected chi connectivity index (χ2v) is 11.5. The minimum atomic E-state index is -0.876. The van der Waals surface area contributed by atoms with Crippen LogP contribution in [-0.4, -0.2) is 101 Å². The predicted molar refractivity (Wildman–Crippen MR) is 151 cm³/mol. The molecule has 1 saturated heterocycles. The van der Waals surface area contributed by atoms with Gasteiger partial charge in [-0.1, -0.05) is 43.8 Å². The number of nitrogens with one attached hydrogen (secondary N) is 4. The number of piperazine rings is 1. The summed E-state index contributed by atoms with van der Waals surface area (Å²) < 4.78 is 0. The number of para-hydroxylation sites is 1. The maximum atomic E-state index is 13.5. The highest BCUT2D eigenvalue weighted by atomic mass is 32.2. The Bertz CT molecular complexity index is 1140. The van der Waals surface area contributed by atoms with Gasteiger partial charge >= 0.3 is 0 Å². The van der Waals surface area contributed by atoms with Crippen molar-refractivity contribution in [2.24, 2.45) is 0 Å². The summed E-state index contributed by atoms with van der Waals surface area (Å²) in [5.74, 6) is -0.890. The number of likely N-dealkylation sites (N-methyl/N-ethyl adjacent to an activating group) is 1. The fraction of sp³-hybridized carbons (Fsp3) is 0.519. The van der Waals surface area contributed by atoms with Crippen LogP contribution in [0, 0.1) is 5.41 Å². The first kappa shape index (κ1) is 29.5. The van der Waals surface area contributed by atoms with Crippen molar-refractivity contribution in [3.63, 3.8) is 0 Å². The van der Waals surface area contributed by atoms with Gasteiger partial charge < -0.3 is 25.5 Å². The molecule has 2 heterocycles. The predicted octanol–water partition coefficient (Wildman–Crippen LogP) is 1.59. The number of fused-ring (bicyclic) bond motifs is 1. The van der Waals surface area contributed by atoms with E-state index in [1.807, 2.05) is 51.4 Å². The normalized spacial score (nSPS) is 15.8. The zero-order valence-corrected chi connectivity index (χ0v) is 23.1. The molecule has 0 saturated carbocycles. The van der Waals surface area contributed by atoms with Crippen LogP contribution in [0.5, 0.6) is 0 Å². The van der Waals surface area contributed by atoms with Crippen molar-refractivity contribution in [3.8, 4) is 0 Å². The lowest BCUT2D eigenvalue weighted by Crippen LogP contribution is -2.54. The van der Waals surface area contributed by atoms with Crippen LogP contribution in [0.25, 0.3) is 10.9 Å². The smallest absolute Gasteiger partial charge is 0.238 e. The number of thioether (sulfide) groups is 1. The number of benzene rings is 1. The highest BCUT2D eigenvalue weighted by Crippen LogP contribution is 2.20. The molecule has 2 amide bonds. The van der Waals surface area contributed by atoms with Crippen molar-refractivity contribution in [3.05, 3.63) is 36.0 Å². The maximum Gasteiger partial charge on any atom is 0.238 e. The zero-order valence-electron chi connectivity index (χ0n) is 22.3. The van der Waals surface area contributed by atoms with E-state index in [-0.39, 0.29) is 35.7 Å². The first-order valence-electron chi connectivity index (χ1n) is 13.0. The number of carbonyl (C=O) groups is 4. The highest BCUT2D eigenvalue weighted by Gasteiger charge is 2.28. The van der Waals surface area contributed by atoms with Gasteiger partial charge in [0.05, 0.1) is 24.8 Å². The van der Waals surface area contributed by atoms with Gasteiger partial charge in [0.2, 0.25) is 16.9 Å². The number of aromatic nitrogens is 1. The highest BCUT2D eigenvalue weighted by molar-refractivity contribution is 8.14. The topological polar surface area (TPSA) is 138 Å². The number of nitrogens with zero attached hydrogens (tertiary/aromatic N) is 2. The molecule has 1 fully saturated rings. The van der Waals surface area contributed by atoms with Crippen molar-refractivity contribution in [1.82, 2.24) is 25.4 Å². The molecule has 3 rings (SSSR count). The van der Waals surface area contributed by atoms with Crippen LogP contribution < -0.4 is 10.6 Å². The van der Waals surface area contributed by atoms with E-state index in [4.69, 9.17) is 5.41 Å². The molecule has 0 bridgehead atoms. The third-order valence-corrected chi connectivity index (χ3v) is 7.55. The van der Waals surface area contributed by atoms with Crippen LogP contribution in [0.3, 0.4) is 0 Å². The van der Waals surface area contributed by atoms with Gasteiger partial charge in [0.1, 0.15) is 0 Å². The molecule has 0 radical (unpaired) electrons. The van der Waals surface area contributed by atoms with Crippen LogP contribution in [-0.2, 0) is 25.6 Å². The summed E-state index contributed by atoms with van der Waals surface area (Å²) in [5, 5.41) is 13.9. The first-order valence-corrected chi connectivity index (χ1v) is 13.8. The molecule has 1 aliphatic heterocycles. The van der Waals surface area contributed by atoms with E-state index >= 15 is 0 Å². The largest absolute Gasteiger partial charge is 0.361 e. The van der Waals surface area contributed by atoms with Gasteiger partial charge in [-0.25, -0.2) is 0 Å². The summed E-state index contributed by atoms with van der Waals surface area (Å²) in [6.45, 7) is 6.65. The summed E-state index contributed by atoms with van der Waals surface area (Å²) in [7, 11) is 2.02. The van der Waals surface area contributed by atoms with Gasteiger partial charge in [-0.15, -0.1) is 0 Å². The van der Waals surface area contributed by atoms with Gasteiger partial charge in [-0.2, -0.15) is 0 Å². The molecule has 4 N–H and O–H groups in total. The summed E-state index contributed by atoms with van der Waals surface area (Å²) in [5.41, 5.74) is 1.86. The first-order chi connectivity index (χ1) is 18.2. The van der Waals surface area contributed by atoms with Crippen molar-refractivity contribution >= 4 is 51.6 Å². The molecule has 11 heteroatoms. The molecule has 0 aliphatic carbocycles. The fourth-order valence-electron chi connectivity index (χ4n) is 4.35. The Kier molecular flexibility index (Phi) is 11.1. The van der Waals surface area contributed by atoms with Crippen molar-refractivity contribution in [2.45, 2.75) is 50.4 Å². The Labute approximate surface area is 227 Å². The molecule has 2 atom stereocenters. The number of hydrogen-bond donors (Lipinski definition) is 4. The van der Waals surface area contributed by atoms with E-state index < -0.39 is 23.8 Å². The molecule has 1 aromatic heterocycles. The average molecular weight is 543 g/mol. The molecule has 2 aromatic rings. The van der Waals surface area contributed by atoms with E-state index in [0.717, 1.165) is 47.5 Å². The van der Waals surface area contributed by atoms with Gasteiger partial charge in [0.15, 0.2) is 5.78 Å². The summed E-state index contributed by atoms with van der Waals surface area (Å²) in [4.78, 5) is 58.2. The van der Waals surface area contributed by atoms with Crippen LogP contribution in [0.2, 0.25) is 0 Å². The lowest BCUT2D eigenvalue weighted by atomic mass is 10.0. The number of Topliss-reactive ketones (excluding diaryl/α,β-unsaturated/α-hetero) is 1. The van der Waals surface area contributed by atoms with Gasteiger partial charge in [-0.3, -0.25) is 24.5 Å². The van der Waals surface area contributed by atoms with Crippen LogP contribution in [0.15, 0.2) is 30.5 Å². The lowest BCUT2D eigenvalue weighted by molar-refractivity contribution is -0.132. The van der Waals surface area contributed by atoms with E-state index in [9.17, 15) is 19.2 Å². The van der Waals surface area contributed by atoms with Gasteiger partial charge in [0, 0.05) is 54.9 Å². The Morgan fingerprint density at radius 2 is 1.82 bits per heavy atom. The molecule has 1 aromatic carbocycles. The number of rotatable bonds is 13. The zero-order chi connectivity index (χ0) is 27.7. The van der Waals surface area contributed by atoms with Crippen LogP contribution in [0.4, 0.5) is 0 Å². The summed E-state index contributed by atoms with van der Waals surface area (Å²) >= 11 is 1.11. The Balaban J connectivity index is 1.76. The standard InChI is InChI=1S/C27H38N6O4S/c1-18(2)38-27(37)23(9-8-20(34)15-28)31-26(36)24(14-19-16-29-22-7-5-4-6-21(19)22)30-17-25(35)33-12-10-32(3)11-13-33/h4-7,15-16,18,23-24,28-30H,8-14,17H2,1-3H3,(H,31,36)/t23-,24-/m0/s1. The lowest BCUT2D eigenvalue weighted by Gasteiger charge is -2.33. The molecular formula is C27H38N6O4S. The van der Waals surface area contributed by atoms with E-state index in [2.05, 4.69) is 20.5 Å². The molecule has 38 heavy (non-hydrogen) atoms. The number of hydrogen-bond acceptors (Lipinski definition) is 8. The van der Waals surface area contributed by atoms with Crippen molar-refractivity contribution in [1.29, 1.82) is 5.41 Å². The SMILES string of the molecule is CC(C)SC(=O)[C@H](CCC(=O)C=N)NC(=O)[C@H](Cc1c[nH]c2ccccc12)NCC(=O)N1CCN(C)CC1. The quantitative estimate of drug-likeness (QED) is 0.282. The number of aromatic amines is 1. The summed E-state index contributed by atoms with van der Waals surface area (Å²) in [6.07, 6.45) is 2.99. The molecule has 1 aliphatic rings. The fourth-order valence-corrected chi connectivity index (χ4v) is 5.16. The monoisotopic (exact) mass is 542 g/mol. The van der Waals surface area contributed by atoms with E-state index in [1.165, 1.54) is 0 Å². The summed E-state index contributed by atoms with van der Waals surface area (Å²) in [6, 6.07) is 6.13. The van der Waals surface area contributed by atoms with Gasteiger partial charge in [-0.05, 0) is 31.5 Å². The number of H-pyrrole nitrogens is 1. The van der Waals surface area contributed by atoms with Crippen molar-refractivity contribution < 1.29 is 19.2 Å². The second-order valence-electron chi connectivity index (χ2n) is 9.88. The number of ketones is 1.